The SMILES string of the molecule is CCCCCCCCOCCC(C#N)C(=O)O. The number of ether oxygens (including phenoxy) is 1. The highest BCUT2D eigenvalue weighted by Gasteiger charge is 2.15. The van der Waals surface area contributed by atoms with Crippen LogP contribution in [-0.2, 0) is 9.53 Å². The van der Waals surface area contributed by atoms with Gasteiger partial charge in [-0.3, -0.25) is 4.79 Å². The number of hydrogen-bond donors (Lipinski definition) is 1. The molecule has 1 atom stereocenters. The molecule has 0 aliphatic rings. The molecule has 0 aromatic carbocycles. The fraction of sp³-hybridized carbons (Fsp3) is 0.846. The maximum atomic E-state index is 10.5. The van der Waals surface area contributed by atoms with Gasteiger partial charge in [0.15, 0.2) is 0 Å². The van der Waals surface area contributed by atoms with E-state index in [9.17, 15) is 4.79 Å². The molecular weight excluding hydrogens is 218 g/mol. The largest absolute Gasteiger partial charge is 0.480 e. The lowest BCUT2D eigenvalue weighted by atomic mass is 10.1. The van der Waals surface area contributed by atoms with Gasteiger partial charge in [-0.05, 0) is 12.8 Å². The van der Waals surface area contributed by atoms with Crippen LogP contribution in [0.1, 0.15) is 51.9 Å². The summed E-state index contributed by atoms with van der Waals surface area (Å²) in [5.41, 5.74) is 0. The molecule has 0 saturated carbocycles. The third-order valence-electron chi connectivity index (χ3n) is 2.65. The van der Waals surface area contributed by atoms with E-state index in [1.807, 2.05) is 0 Å². The smallest absolute Gasteiger partial charge is 0.320 e. The van der Waals surface area contributed by atoms with E-state index >= 15 is 0 Å². The van der Waals surface area contributed by atoms with Crippen molar-refractivity contribution in [3.8, 4) is 6.07 Å². The van der Waals surface area contributed by atoms with Gasteiger partial charge in [0.05, 0.1) is 6.07 Å². The Hall–Kier alpha value is -1.08. The van der Waals surface area contributed by atoms with Crippen molar-refractivity contribution in [1.82, 2.24) is 0 Å². The van der Waals surface area contributed by atoms with Gasteiger partial charge < -0.3 is 9.84 Å². The lowest BCUT2D eigenvalue weighted by Crippen LogP contribution is -2.14. The Morgan fingerprint density at radius 1 is 1.24 bits per heavy atom. The Balaban J connectivity index is 3.24. The summed E-state index contributed by atoms with van der Waals surface area (Å²) in [5.74, 6) is -1.99. The van der Waals surface area contributed by atoms with Crippen LogP contribution in [0, 0.1) is 17.2 Å². The molecule has 0 radical (unpaired) electrons. The minimum Gasteiger partial charge on any atom is -0.480 e. The quantitative estimate of drug-likeness (QED) is 0.564. The van der Waals surface area contributed by atoms with Crippen LogP contribution in [0.3, 0.4) is 0 Å². The first-order valence-corrected chi connectivity index (χ1v) is 6.42. The molecule has 1 N–H and O–H groups in total. The van der Waals surface area contributed by atoms with Gasteiger partial charge in [-0.1, -0.05) is 39.0 Å². The van der Waals surface area contributed by atoms with Crippen molar-refractivity contribution in [2.75, 3.05) is 13.2 Å². The molecule has 4 heteroatoms. The zero-order valence-corrected chi connectivity index (χ0v) is 10.7. The van der Waals surface area contributed by atoms with Crippen LogP contribution in [0.15, 0.2) is 0 Å². The Bertz CT molecular complexity index is 235. The number of rotatable bonds is 11. The van der Waals surface area contributed by atoms with Crippen molar-refractivity contribution in [2.45, 2.75) is 51.9 Å². The van der Waals surface area contributed by atoms with E-state index in [0.29, 0.717) is 13.2 Å². The number of carboxylic acids is 1. The van der Waals surface area contributed by atoms with Gasteiger partial charge in [0.2, 0.25) is 0 Å². The summed E-state index contributed by atoms with van der Waals surface area (Å²) in [6, 6.07) is 1.75. The Morgan fingerprint density at radius 3 is 2.47 bits per heavy atom. The first-order chi connectivity index (χ1) is 8.22. The van der Waals surface area contributed by atoms with Crippen molar-refractivity contribution in [3.05, 3.63) is 0 Å². The van der Waals surface area contributed by atoms with Crippen molar-refractivity contribution in [2.24, 2.45) is 5.92 Å². The number of aliphatic carboxylic acids is 1. The third kappa shape index (κ3) is 9.83. The Morgan fingerprint density at radius 2 is 1.88 bits per heavy atom. The molecule has 1 unspecified atom stereocenters. The lowest BCUT2D eigenvalue weighted by Gasteiger charge is -2.05. The van der Waals surface area contributed by atoms with Gasteiger partial charge in [-0.25, -0.2) is 0 Å². The van der Waals surface area contributed by atoms with Gasteiger partial charge in [-0.2, -0.15) is 5.26 Å². The summed E-state index contributed by atoms with van der Waals surface area (Å²) in [5, 5.41) is 17.2. The monoisotopic (exact) mass is 241 g/mol. The van der Waals surface area contributed by atoms with E-state index in [2.05, 4.69) is 6.92 Å². The summed E-state index contributed by atoms with van der Waals surface area (Å²) in [6.07, 6.45) is 7.54. The predicted molar refractivity (Wildman–Crippen MR) is 65.6 cm³/mol. The van der Waals surface area contributed by atoms with E-state index < -0.39 is 11.9 Å². The van der Waals surface area contributed by atoms with Crippen molar-refractivity contribution in [1.29, 1.82) is 5.26 Å². The van der Waals surface area contributed by atoms with Crippen molar-refractivity contribution >= 4 is 5.97 Å². The summed E-state index contributed by atoms with van der Waals surface area (Å²) in [7, 11) is 0. The number of unbranched alkanes of at least 4 members (excludes halogenated alkanes) is 5. The first-order valence-electron chi connectivity index (χ1n) is 6.42. The molecule has 0 aromatic rings. The van der Waals surface area contributed by atoms with E-state index in [1.54, 1.807) is 6.07 Å². The third-order valence-corrected chi connectivity index (χ3v) is 2.65. The van der Waals surface area contributed by atoms with Gasteiger partial charge in [0.1, 0.15) is 5.92 Å². The average Bonchev–Trinajstić information content (AvgIpc) is 2.31. The van der Waals surface area contributed by atoms with Crippen molar-refractivity contribution in [3.63, 3.8) is 0 Å². The molecule has 98 valence electrons. The molecule has 0 aromatic heterocycles. The number of hydrogen-bond acceptors (Lipinski definition) is 3. The molecule has 0 fully saturated rings. The zero-order chi connectivity index (χ0) is 12.9. The standard InChI is InChI=1S/C13H23NO3/c1-2-3-4-5-6-7-9-17-10-8-12(11-14)13(15)16/h12H,2-10H2,1H3,(H,15,16). The lowest BCUT2D eigenvalue weighted by molar-refractivity contribution is -0.140. The summed E-state index contributed by atoms with van der Waals surface area (Å²) < 4.78 is 5.31. The average molecular weight is 241 g/mol. The molecular formula is C13H23NO3. The molecule has 17 heavy (non-hydrogen) atoms. The molecule has 0 bridgehead atoms. The second kappa shape index (κ2) is 11.4. The molecule has 0 aliphatic carbocycles. The van der Waals surface area contributed by atoms with Gasteiger partial charge in [-0.15, -0.1) is 0 Å². The maximum absolute atomic E-state index is 10.5. The Labute approximate surface area is 104 Å². The number of nitriles is 1. The maximum Gasteiger partial charge on any atom is 0.320 e. The molecule has 0 spiro atoms. The molecule has 0 aliphatic heterocycles. The summed E-state index contributed by atoms with van der Waals surface area (Å²) >= 11 is 0. The van der Waals surface area contributed by atoms with Crippen LogP contribution in [0.25, 0.3) is 0 Å². The van der Waals surface area contributed by atoms with Crippen LogP contribution in [0.5, 0.6) is 0 Å². The molecule has 4 nitrogen and oxygen atoms in total. The van der Waals surface area contributed by atoms with Crippen molar-refractivity contribution < 1.29 is 14.6 Å². The van der Waals surface area contributed by atoms with E-state index in [4.69, 9.17) is 15.1 Å². The Kier molecular flexibility index (Phi) is 10.7. The van der Waals surface area contributed by atoms with Crippen LogP contribution in [0.4, 0.5) is 0 Å². The van der Waals surface area contributed by atoms with Crippen LogP contribution < -0.4 is 0 Å². The van der Waals surface area contributed by atoms with Gasteiger partial charge >= 0.3 is 5.97 Å². The van der Waals surface area contributed by atoms with Crippen LogP contribution in [-0.4, -0.2) is 24.3 Å². The first kappa shape index (κ1) is 15.9. The zero-order valence-electron chi connectivity index (χ0n) is 10.7. The molecule has 0 rings (SSSR count). The summed E-state index contributed by atoms with van der Waals surface area (Å²) in [6.45, 7) is 3.22. The fourth-order valence-electron chi connectivity index (χ4n) is 1.53. The highest BCUT2D eigenvalue weighted by molar-refractivity contribution is 5.72. The van der Waals surface area contributed by atoms with Crippen LogP contribution >= 0.6 is 0 Å². The number of nitrogens with zero attached hydrogens (tertiary/aromatic N) is 1. The van der Waals surface area contributed by atoms with Gasteiger partial charge in [0.25, 0.3) is 0 Å². The van der Waals surface area contributed by atoms with Gasteiger partial charge in [0, 0.05) is 13.2 Å². The minimum atomic E-state index is -1.06. The second-order valence-corrected chi connectivity index (χ2v) is 4.19. The fourth-order valence-corrected chi connectivity index (χ4v) is 1.53. The highest BCUT2D eigenvalue weighted by Crippen LogP contribution is 2.06. The normalized spacial score (nSPS) is 12.0. The van der Waals surface area contributed by atoms with E-state index in [0.717, 1.165) is 6.42 Å². The predicted octanol–water partition coefficient (Wildman–Crippen LogP) is 2.98. The number of carboxylic acid groups (broad SMARTS) is 1. The molecule has 0 saturated heterocycles. The molecule has 0 heterocycles. The highest BCUT2D eigenvalue weighted by atomic mass is 16.5. The number of carbonyl (C=O) groups is 1. The van der Waals surface area contributed by atoms with E-state index in [-0.39, 0.29) is 6.42 Å². The second-order valence-electron chi connectivity index (χ2n) is 4.19. The van der Waals surface area contributed by atoms with E-state index in [1.165, 1.54) is 32.1 Å². The molecule has 0 amide bonds. The summed E-state index contributed by atoms with van der Waals surface area (Å²) in [4.78, 5) is 10.5. The van der Waals surface area contributed by atoms with Crippen LogP contribution in [0.2, 0.25) is 0 Å². The topological polar surface area (TPSA) is 70.3 Å². The minimum absolute atomic E-state index is 0.279.